The zero-order valence-corrected chi connectivity index (χ0v) is 13.3. The van der Waals surface area contributed by atoms with Crippen LogP contribution in [0.1, 0.15) is 19.8 Å². The zero-order valence-electron chi connectivity index (χ0n) is 11.8. The molecule has 5 nitrogen and oxygen atoms in total. The van der Waals surface area contributed by atoms with Gasteiger partial charge in [0.2, 0.25) is 0 Å². The van der Waals surface area contributed by atoms with Gasteiger partial charge in [0, 0.05) is 18.0 Å². The Morgan fingerprint density at radius 1 is 1.33 bits per heavy atom. The lowest BCUT2D eigenvalue weighted by molar-refractivity contribution is -0.140. The molecule has 1 N–H and O–H groups in total. The number of ether oxygens (including phenoxy) is 2. The van der Waals surface area contributed by atoms with Crippen LogP contribution in [0.2, 0.25) is 10.0 Å². The van der Waals surface area contributed by atoms with Gasteiger partial charge in [-0.2, -0.15) is 0 Å². The summed E-state index contributed by atoms with van der Waals surface area (Å²) in [5.41, 5.74) is 0. The maximum Gasteiger partial charge on any atom is 0.305 e. The first-order valence-electron chi connectivity index (χ1n) is 6.40. The standard InChI is InChI=1S/C14H17Cl2NO4/c1-9(14(19)17-7-3-4-13(18)20-2)21-12-6-5-10(15)8-11(12)16/h5-6,8-9H,3-4,7H2,1-2H3,(H,17,19)/t9-/m0/s1. The van der Waals surface area contributed by atoms with Crippen molar-refractivity contribution in [2.45, 2.75) is 25.9 Å². The molecule has 21 heavy (non-hydrogen) atoms. The molecule has 0 heterocycles. The molecule has 0 aliphatic rings. The van der Waals surface area contributed by atoms with Gasteiger partial charge in [-0.15, -0.1) is 0 Å². The lowest BCUT2D eigenvalue weighted by atomic mass is 10.3. The second kappa shape index (κ2) is 8.74. The maximum absolute atomic E-state index is 11.8. The Hall–Kier alpha value is -1.46. The Bertz CT molecular complexity index is 508. The fraction of sp³-hybridized carbons (Fsp3) is 0.429. The molecule has 0 unspecified atom stereocenters. The summed E-state index contributed by atoms with van der Waals surface area (Å²) in [5.74, 6) is -0.203. The Labute approximate surface area is 133 Å². The maximum atomic E-state index is 11.8. The van der Waals surface area contributed by atoms with E-state index in [1.165, 1.54) is 7.11 Å². The largest absolute Gasteiger partial charge is 0.479 e. The summed E-state index contributed by atoms with van der Waals surface area (Å²) in [7, 11) is 1.33. The minimum absolute atomic E-state index is 0.259. The highest BCUT2D eigenvalue weighted by Gasteiger charge is 2.15. The monoisotopic (exact) mass is 333 g/mol. The zero-order chi connectivity index (χ0) is 15.8. The molecule has 1 aromatic carbocycles. The molecule has 0 fully saturated rings. The first-order valence-corrected chi connectivity index (χ1v) is 7.16. The van der Waals surface area contributed by atoms with E-state index in [2.05, 4.69) is 10.1 Å². The average molecular weight is 334 g/mol. The van der Waals surface area contributed by atoms with Crippen LogP contribution in [0.3, 0.4) is 0 Å². The Morgan fingerprint density at radius 2 is 2.05 bits per heavy atom. The van der Waals surface area contributed by atoms with E-state index in [1.54, 1.807) is 25.1 Å². The normalized spacial score (nSPS) is 11.6. The lowest BCUT2D eigenvalue weighted by Gasteiger charge is -2.15. The Kier molecular flexibility index (Phi) is 7.32. The minimum Gasteiger partial charge on any atom is -0.479 e. The number of rotatable bonds is 7. The second-order valence-electron chi connectivity index (χ2n) is 4.31. The van der Waals surface area contributed by atoms with Crippen LogP contribution in [0.4, 0.5) is 0 Å². The fourth-order valence-corrected chi connectivity index (χ4v) is 1.96. The molecule has 0 aliphatic heterocycles. The smallest absolute Gasteiger partial charge is 0.305 e. The number of methoxy groups -OCH3 is 1. The van der Waals surface area contributed by atoms with Crippen LogP contribution < -0.4 is 10.1 Å². The summed E-state index contributed by atoms with van der Waals surface area (Å²) in [6, 6.07) is 4.77. The third-order valence-corrected chi connectivity index (χ3v) is 3.18. The van der Waals surface area contributed by atoms with Crippen LogP contribution in [0.5, 0.6) is 5.75 Å². The van der Waals surface area contributed by atoms with Crippen molar-refractivity contribution in [3.05, 3.63) is 28.2 Å². The molecule has 0 aliphatic carbocycles. The summed E-state index contributed by atoms with van der Waals surface area (Å²) in [6.45, 7) is 1.98. The lowest BCUT2D eigenvalue weighted by Crippen LogP contribution is -2.37. The van der Waals surface area contributed by atoms with Gasteiger partial charge in [-0.1, -0.05) is 23.2 Å². The highest BCUT2D eigenvalue weighted by atomic mass is 35.5. The van der Waals surface area contributed by atoms with Crippen LogP contribution in [0, 0.1) is 0 Å². The molecule has 0 spiro atoms. The van der Waals surface area contributed by atoms with Gasteiger partial charge in [0.05, 0.1) is 12.1 Å². The number of carbonyl (C=O) groups is 2. The SMILES string of the molecule is COC(=O)CCCNC(=O)[C@H](C)Oc1ccc(Cl)cc1Cl. The predicted molar refractivity (Wildman–Crippen MR) is 80.8 cm³/mol. The number of esters is 1. The molecule has 0 aromatic heterocycles. The molecule has 0 saturated heterocycles. The molecule has 1 atom stereocenters. The number of nitrogens with one attached hydrogen (secondary N) is 1. The van der Waals surface area contributed by atoms with Gasteiger partial charge in [-0.25, -0.2) is 0 Å². The summed E-state index contributed by atoms with van der Waals surface area (Å²) in [5, 5.41) is 3.51. The van der Waals surface area contributed by atoms with Gasteiger partial charge in [-0.3, -0.25) is 9.59 Å². The van der Waals surface area contributed by atoms with Crippen molar-refractivity contribution >= 4 is 35.1 Å². The molecule has 7 heteroatoms. The number of amides is 1. The van der Waals surface area contributed by atoms with E-state index in [1.807, 2.05) is 0 Å². The first-order chi connectivity index (χ1) is 9.93. The van der Waals surface area contributed by atoms with Gasteiger partial charge in [0.25, 0.3) is 5.91 Å². The van der Waals surface area contributed by atoms with Crippen molar-refractivity contribution < 1.29 is 19.1 Å². The molecule has 1 aromatic rings. The van der Waals surface area contributed by atoms with Crippen LogP contribution in [0.15, 0.2) is 18.2 Å². The molecule has 116 valence electrons. The molecular weight excluding hydrogens is 317 g/mol. The highest BCUT2D eigenvalue weighted by molar-refractivity contribution is 6.35. The van der Waals surface area contributed by atoms with E-state index in [-0.39, 0.29) is 18.3 Å². The van der Waals surface area contributed by atoms with Crippen molar-refractivity contribution in [3.63, 3.8) is 0 Å². The molecule has 1 rings (SSSR count). The van der Waals surface area contributed by atoms with Gasteiger partial charge in [0.15, 0.2) is 6.10 Å². The topological polar surface area (TPSA) is 64.6 Å². The predicted octanol–water partition coefficient (Wildman–Crippen LogP) is 2.83. The average Bonchev–Trinajstić information content (AvgIpc) is 2.45. The van der Waals surface area contributed by atoms with E-state index in [0.717, 1.165) is 0 Å². The van der Waals surface area contributed by atoms with Gasteiger partial charge in [-0.05, 0) is 31.5 Å². The third-order valence-electron chi connectivity index (χ3n) is 2.65. The van der Waals surface area contributed by atoms with Gasteiger partial charge >= 0.3 is 5.97 Å². The number of carbonyl (C=O) groups excluding carboxylic acids is 2. The minimum atomic E-state index is -0.707. The van der Waals surface area contributed by atoms with Crippen LogP contribution in [0.25, 0.3) is 0 Å². The molecule has 0 radical (unpaired) electrons. The van der Waals surface area contributed by atoms with E-state index in [9.17, 15) is 9.59 Å². The van der Waals surface area contributed by atoms with E-state index in [4.69, 9.17) is 27.9 Å². The van der Waals surface area contributed by atoms with Crippen molar-refractivity contribution in [2.75, 3.05) is 13.7 Å². The van der Waals surface area contributed by atoms with Gasteiger partial charge in [0.1, 0.15) is 5.75 Å². The van der Waals surface area contributed by atoms with Crippen molar-refractivity contribution in [1.82, 2.24) is 5.32 Å². The van der Waals surface area contributed by atoms with Crippen molar-refractivity contribution in [2.24, 2.45) is 0 Å². The summed E-state index contributed by atoms with van der Waals surface area (Å²) in [4.78, 5) is 22.7. The van der Waals surface area contributed by atoms with Crippen LogP contribution in [-0.2, 0) is 14.3 Å². The van der Waals surface area contributed by atoms with Crippen LogP contribution in [-0.4, -0.2) is 31.6 Å². The molecule has 0 saturated carbocycles. The van der Waals surface area contributed by atoms with E-state index >= 15 is 0 Å². The Balaban J connectivity index is 2.39. The van der Waals surface area contributed by atoms with E-state index in [0.29, 0.717) is 28.8 Å². The molecule has 1 amide bonds. The van der Waals surface area contributed by atoms with E-state index < -0.39 is 6.10 Å². The number of hydrogen-bond acceptors (Lipinski definition) is 4. The third kappa shape index (κ3) is 6.23. The van der Waals surface area contributed by atoms with Crippen molar-refractivity contribution in [1.29, 1.82) is 0 Å². The first kappa shape index (κ1) is 17.6. The quantitative estimate of drug-likeness (QED) is 0.615. The highest BCUT2D eigenvalue weighted by Crippen LogP contribution is 2.28. The summed E-state index contributed by atoms with van der Waals surface area (Å²) >= 11 is 11.7. The number of halogens is 2. The number of benzene rings is 1. The number of hydrogen-bond donors (Lipinski definition) is 1. The summed E-state index contributed by atoms with van der Waals surface area (Å²) in [6.07, 6.45) is 0.0591. The molecular formula is C14H17Cl2NO4. The fourth-order valence-electron chi connectivity index (χ4n) is 1.50. The molecule has 0 bridgehead atoms. The van der Waals surface area contributed by atoms with Gasteiger partial charge < -0.3 is 14.8 Å². The van der Waals surface area contributed by atoms with Crippen molar-refractivity contribution in [3.8, 4) is 5.75 Å². The Morgan fingerprint density at radius 3 is 2.67 bits per heavy atom. The second-order valence-corrected chi connectivity index (χ2v) is 5.15. The summed E-state index contributed by atoms with van der Waals surface area (Å²) < 4.78 is 9.97. The van der Waals surface area contributed by atoms with Crippen LogP contribution >= 0.6 is 23.2 Å².